The second-order valence-electron chi connectivity index (χ2n) is 5.63. The maximum Gasteiger partial charge on any atom is 0.335 e. The quantitative estimate of drug-likeness (QED) is 0.513. The Morgan fingerprint density at radius 1 is 1.27 bits per heavy atom. The fourth-order valence-corrected chi connectivity index (χ4v) is 2.82. The Hall–Kier alpha value is -2.97. The number of pyridine rings is 1. The highest BCUT2D eigenvalue weighted by Gasteiger charge is 2.21. The zero-order valence-corrected chi connectivity index (χ0v) is 14.7. The normalized spacial score (nSPS) is 12.3. The molecule has 1 aromatic carbocycles. The second-order valence-corrected chi connectivity index (χ2v) is 5.63. The molecule has 0 spiro atoms. The fraction of sp³-hybridized carbons (Fsp3) is 0.278. The van der Waals surface area contributed by atoms with E-state index in [9.17, 15) is 4.79 Å². The zero-order valence-electron chi connectivity index (χ0n) is 14.7. The number of nitrogens with zero attached hydrogens (tertiary/aromatic N) is 3. The molecule has 0 fully saturated rings. The minimum Gasteiger partial charge on any atom is -0.496 e. The maximum absolute atomic E-state index is 11.2. The number of hydrogen-bond acceptors (Lipinski definition) is 6. The highest BCUT2D eigenvalue weighted by molar-refractivity contribution is 5.88. The molecule has 1 N–H and O–H groups in total. The molecule has 1 unspecified atom stereocenters. The lowest BCUT2D eigenvalue weighted by Gasteiger charge is -2.21. The van der Waals surface area contributed by atoms with Crippen LogP contribution < -0.4 is 4.74 Å². The van der Waals surface area contributed by atoms with Crippen molar-refractivity contribution in [1.29, 1.82) is 0 Å². The molecule has 2 aliphatic rings. The Morgan fingerprint density at radius 3 is 2.77 bits per heavy atom. The minimum absolute atomic E-state index is 0.149. The first-order valence-electron chi connectivity index (χ1n) is 7.95. The Kier molecular flexibility index (Phi) is 5.15. The first-order chi connectivity index (χ1) is 12.5. The summed E-state index contributed by atoms with van der Waals surface area (Å²) in [4.78, 5) is 29.6. The lowest BCUT2D eigenvalue weighted by atomic mass is 10.0. The van der Waals surface area contributed by atoms with Gasteiger partial charge in [-0.2, -0.15) is 0 Å². The number of benzene rings is 1. The number of carboxylic acids is 1. The van der Waals surface area contributed by atoms with E-state index in [1.54, 1.807) is 12.1 Å². The van der Waals surface area contributed by atoms with Gasteiger partial charge in [-0.3, -0.25) is 0 Å². The van der Waals surface area contributed by atoms with Crippen molar-refractivity contribution >= 4 is 5.97 Å². The number of methoxy groups -OCH3 is 1. The topological polar surface area (TPSA) is 95.7 Å². The van der Waals surface area contributed by atoms with E-state index in [0.29, 0.717) is 17.4 Å². The first-order valence-corrected chi connectivity index (χ1v) is 7.95. The molecule has 0 radical (unpaired) electrons. The van der Waals surface area contributed by atoms with Crippen molar-refractivity contribution < 1.29 is 24.4 Å². The van der Waals surface area contributed by atoms with Crippen LogP contribution in [0.2, 0.25) is 0 Å². The van der Waals surface area contributed by atoms with Crippen molar-refractivity contribution in [1.82, 2.24) is 14.5 Å². The van der Waals surface area contributed by atoms with Gasteiger partial charge in [-0.1, -0.05) is 6.07 Å². The van der Waals surface area contributed by atoms with E-state index >= 15 is 0 Å². The Bertz CT molecular complexity index is 892. The van der Waals surface area contributed by atoms with Gasteiger partial charge < -0.3 is 14.4 Å². The zero-order chi connectivity index (χ0) is 18.7. The number of fused-ring (bicyclic) bond motifs is 1. The molecule has 8 nitrogen and oxygen atoms in total. The summed E-state index contributed by atoms with van der Waals surface area (Å²) >= 11 is 0. The van der Waals surface area contributed by atoms with Gasteiger partial charge >= 0.3 is 5.97 Å². The van der Waals surface area contributed by atoms with E-state index in [4.69, 9.17) is 14.7 Å². The van der Waals surface area contributed by atoms with E-state index in [2.05, 4.69) is 14.9 Å². The molecule has 26 heavy (non-hydrogen) atoms. The number of hydrogen-bond donors (Lipinski definition) is 1. The molecule has 1 aromatic rings. The van der Waals surface area contributed by atoms with Gasteiger partial charge in [0.05, 0.1) is 25.8 Å². The van der Waals surface area contributed by atoms with Crippen molar-refractivity contribution in [3.05, 3.63) is 53.5 Å². The number of aromatic carboxylic acids is 1. The highest BCUT2D eigenvalue weighted by atomic mass is 17.2. The van der Waals surface area contributed by atoms with Gasteiger partial charge in [-0.05, 0) is 31.2 Å². The molecule has 0 aromatic heterocycles. The lowest BCUT2D eigenvalue weighted by Crippen LogP contribution is -2.12. The molecule has 8 heteroatoms. The number of ether oxygens (including phenoxy) is 1. The number of carboxylic acid groups (broad SMARTS) is 1. The summed E-state index contributed by atoms with van der Waals surface area (Å²) in [5.74, 6) is 0.715. The third-order valence-electron chi connectivity index (χ3n) is 4.11. The average Bonchev–Trinajstić information content (AvgIpc) is 3.08. The van der Waals surface area contributed by atoms with Gasteiger partial charge in [0, 0.05) is 11.8 Å². The molecular formula is C18H19N3O5. The molecule has 2 aliphatic heterocycles. The van der Waals surface area contributed by atoms with Gasteiger partial charge in [0.15, 0.2) is 11.6 Å². The van der Waals surface area contributed by atoms with Gasteiger partial charge in [0.25, 0.3) is 0 Å². The lowest BCUT2D eigenvalue weighted by molar-refractivity contribution is -0.283. The summed E-state index contributed by atoms with van der Waals surface area (Å²) in [6, 6.07) is 8.43. The van der Waals surface area contributed by atoms with Gasteiger partial charge in [-0.25, -0.2) is 24.5 Å². The number of imidazole rings is 1. The van der Waals surface area contributed by atoms with Crippen molar-refractivity contribution in [3.8, 4) is 17.3 Å². The standard InChI is InChI=1S/C18H19N3O5/c1-11(13-7-6-12(18(22)23)9-15(13)24-2)21-8-4-5-14-17(21)20-16(19-14)10-26-25-3/h4-9,11H,10H2,1-3H3,(H,22,23). The van der Waals surface area contributed by atoms with Gasteiger partial charge in [-0.15, -0.1) is 0 Å². The number of carbonyl (C=O) groups is 1. The number of rotatable bonds is 7. The van der Waals surface area contributed by atoms with Crippen molar-refractivity contribution in [3.63, 3.8) is 0 Å². The Labute approximate surface area is 150 Å². The smallest absolute Gasteiger partial charge is 0.335 e. The van der Waals surface area contributed by atoms with Crippen LogP contribution in [0.25, 0.3) is 11.5 Å². The van der Waals surface area contributed by atoms with E-state index in [1.807, 2.05) is 29.8 Å². The molecule has 0 amide bonds. The predicted molar refractivity (Wildman–Crippen MR) is 92.2 cm³/mol. The van der Waals surface area contributed by atoms with Crippen molar-refractivity contribution in [2.45, 2.75) is 19.6 Å². The van der Waals surface area contributed by atoms with Crippen LogP contribution in [0, 0.1) is 0 Å². The van der Waals surface area contributed by atoms with Crippen LogP contribution in [0.15, 0.2) is 36.5 Å². The summed E-state index contributed by atoms with van der Waals surface area (Å²) in [5.41, 5.74) is 1.75. The third-order valence-corrected chi connectivity index (χ3v) is 4.11. The summed E-state index contributed by atoms with van der Waals surface area (Å²) in [5, 5.41) is 9.17. The van der Waals surface area contributed by atoms with E-state index in [0.717, 1.165) is 11.3 Å². The molecule has 3 rings (SSSR count). The first kappa shape index (κ1) is 17.8. The summed E-state index contributed by atoms with van der Waals surface area (Å²) in [6.07, 6.45) is 1.90. The van der Waals surface area contributed by atoms with E-state index < -0.39 is 5.97 Å². The summed E-state index contributed by atoms with van der Waals surface area (Å²) in [6.45, 7) is 2.13. The Morgan fingerprint density at radius 2 is 2.08 bits per heavy atom. The minimum atomic E-state index is -0.998. The summed E-state index contributed by atoms with van der Waals surface area (Å²) in [7, 11) is 2.95. The molecule has 0 saturated heterocycles. The monoisotopic (exact) mass is 357 g/mol. The van der Waals surface area contributed by atoms with Crippen LogP contribution in [0.4, 0.5) is 0 Å². The fourth-order valence-electron chi connectivity index (χ4n) is 2.82. The summed E-state index contributed by atoms with van der Waals surface area (Å²) < 4.78 is 7.36. The Balaban J connectivity index is 2.01. The van der Waals surface area contributed by atoms with Crippen LogP contribution in [-0.4, -0.2) is 39.8 Å². The average molecular weight is 357 g/mol. The second kappa shape index (κ2) is 7.51. The molecular weight excluding hydrogens is 338 g/mol. The number of aromatic nitrogens is 3. The molecule has 2 heterocycles. The molecule has 136 valence electrons. The molecule has 0 saturated carbocycles. The maximum atomic E-state index is 11.2. The van der Waals surface area contributed by atoms with Crippen LogP contribution in [0.5, 0.6) is 5.75 Å². The van der Waals surface area contributed by atoms with Crippen LogP contribution in [-0.2, 0) is 16.4 Å². The van der Waals surface area contributed by atoms with Crippen molar-refractivity contribution in [2.75, 3.05) is 14.2 Å². The van der Waals surface area contributed by atoms with Gasteiger partial charge in [0.2, 0.25) is 0 Å². The van der Waals surface area contributed by atoms with Crippen LogP contribution in [0.3, 0.4) is 0 Å². The largest absolute Gasteiger partial charge is 0.496 e. The van der Waals surface area contributed by atoms with Crippen molar-refractivity contribution in [2.24, 2.45) is 0 Å². The molecule has 1 atom stereocenters. The molecule has 0 bridgehead atoms. The van der Waals surface area contributed by atoms with Gasteiger partial charge in [0.1, 0.15) is 18.1 Å². The SMILES string of the molecule is COOCc1nc2cccn(C(C)c3ccc(C(=O)O)cc3OC)c-2n1. The molecule has 0 aliphatic carbocycles. The van der Waals surface area contributed by atoms with E-state index in [-0.39, 0.29) is 18.2 Å². The van der Waals surface area contributed by atoms with E-state index in [1.165, 1.54) is 20.3 Å². The third kappa shape index (κ3) is 3.37. The predicted octanol–water partition coefficient (Wildman–Crippen LogP) is 2.78. The highest BCUT2D eigenvalue weighted by Crippen LogP contribution is 2.32. The van der Waals surface area contributed by atoms with Crippen LogP contribution in [0.1, 0.15) is 34.7 Å². The van der Waals surface area contributed by atoms with Crippen LogP contribution >= 0.6 is 0 Å².